The van der Waals surface area contributed by atoms with Gasteiger partial charge in [-0.25, -0.2) is 0 Å². The lowest BCUT2D eigenvalue weighted by atomic mass is 10.2. The van der Waals surface area contributed by atoms with Crippen molar-refractivity contribution in [3.05, 3.63) is 23.8 Å². The van der Waals surface area contributed by atoms with Crippen molar-refractivity contribution in [3.8, 4) is 11.5 Å². The van der Waals surface area contributed by atoms with Crippen molar-refractivity contribution in [2.75, 3.05) is 13.7 Å². The first kappa shape index (κ1) is 9.58. The average molecular weight is 179 g/mol. The van der Waals surface area contributed by atoms with Crippen LogP contribution < -0.4 is 4.74 Å². The van der Waals surface area contributed by atoms with Crippen LogP contribution in [0.4, 0.5) is 0 Å². The molecule has 3 heteroatoms. The second-order valence-electron chi connectivity index (χ2n) is 2.53. The molecule has 0 bridgehead atoms. The van der Waals surface area contributed by atoms with E-state index in [4.69, 9.17) is 4.74 Å². The van der Waals surface area contributed by atoms with Gasteiger partial charge in [0.2, 0.25) is 0 Å². The van der Waals surface area contributed by atoms with Crippen LogP contribution >= 0.6 is 0 Å². The third-order valence-corrected chi connectivity index (χ3v) is 1.66. The van der Waals surface area contributed by atoms with Gasteiger partial charge in [0.15, 0.2) is 11.5 Å². The molecule has 13 heavy (non-hydrogen) atoms. The lowest BCUT2D eigenvalue weighted by Gasteiger charge is -2.04. The molecule has 0 saturated carbocycles. The Kier molecular flexibility index (Phi) is 3.31. The van der Waals surface area contributed by atoms with E-state index in [1.807, 2.05) is 13.0 Å². The Balaban J connectivity index is 3.01. The van der Waals surface area contributed by atoms with Gasteiger partial charge in [-0.1, -0.05) is 6.07 Å². The maximum atomic E-state index is 9.60. The fourth-order valence-corrected chi connectivity index (χ4v) is 0.998. The molecular formula is C10H13NO2. The maximum Gasteiger partial charge on any atom is 0.166 e. The van der Waals surface area contributed by atoms with Crippen LogP contribution in [0.25, 0.3) is 0 Å². The fourth-order valence-electron chi connectivity index (χ4n) is 0.998. The molecule has 1 aromatic rings. The Morgan fingerprint density at radius 1 is 1.54 bits per heavy atom. The van der Waals surface area contributed by atoms with Crippen LogP contribution in [0, 0.1) is 0 Å². The summed E-state index contributed by atoms with van der Waals surface area (Å²) in [6.07, 6.45) is 1.64. The van der Waals surface area contributed by atoms with Crippen LogP contribution in [0.15, 0.2) is 23.2 Å². The molecular weight excluding hydrogens is 166 g/mol. The van der Waals surface area contributed by atoms with Crippen LogP contribution in [0.5, 0.6) is 11.5 Å². The van der Waals surface area contributed by atoms with E-state index in [2.05, 4.69) is 4.99 Å². The highest BCUT2D eigenvalue weighted by molar-refractivity contribution is 5.84. The second kappa shape index (κ2) is 4.50. The zero-order valence-corrected chi connectivity index (χ0v) is 7.82. The highest BCUT2D eigenvalue weighted by Gasteiger charge is 2.03. The Morgan fingerprint density at radius 3 is 2.92 bits per heavy atom. The molecule has 0 aliphatic rings. The molecule has 1 aromatic carbocycles. The molecule has 3 nitrogen and oxygen atoms in total. The molecule has 0 amide bonds. The summed E-state index contributed by atoms with van der Waals surface area (Å²) < 4.78 is 4.95. The minimum absolute atomic E-state index is 0.141. The van der Waals surface area contributed by atoms with Gasteiger partial charge in [-0.3, -0.25) is 4.99 Å². The standard InChI is InChI=1S/C10H13NO2/c1-3-11-7-8-5-4-6-9(13-2)10(8)12/h4-7,12H,3H2,1-2H3. The predicted molar refractivity (Wildman–Crippen MR) is 52.8 cm³/mol. The predicted octanol–water partition coefficient (Wildman–Crippen LogP) is 1.84. The van der Waals surface area contributed by atoms with Gasteiger partial charge in [0.1, 0.15) is 0 Å². The van der Waals surface area contributed by atoms with E-state index in [9.17, 15) is 5.11 Å². The maximum absolute atomic E-state index is 9.60. The van der Waals surface area contributed by atoms with E-state index in [-0.39, 0.29) is 5.75 Å². The topological polar surface area (TPSA) is 41.8 Å². The SMILES string of the molecule is CCN=Cc1cccc(OC)c1O. The quantitative estimate of drug-likeness (QED) is 0.719. The molecule has 0 aliphatic heterocycles. The van der Waals surface area contributed by atoms with Crippen molar-refractivity contribution in [1.82, 2.24) is 0 Å². The summed E-state index contributed by atoms with van der Waals surface area (Å²) in [7, 11) is 1.52. The number of benzene rings is 1. The van der Waals surface area contributed by atoms with Gasteiger partial charge in [-0.15, -0.1) is 0 Å². The molecule has 0 radical (unpaired) electrons. The van der Waals surface area contributed by atoms with Crippen LogP contribution in [-0.4, -0.2) is 25.0 Å². The van der Waals surface area contributed by atoms with Crippen LogP contribution in [0.2, 0.25) is 0 Å². The van der Waals surface area contributed by atoms with Gasteiger partial charge in [0.05, 0.1) is 7.11 Å². The number of para-hydroxylation sites is 1. The number of rotatable bonds is 3. The Hall–Kier alpha value is -1.51. The molecule has 0 unspecified atom stereocenters. The van der Waals surface area contributed by atoms with E-state index >= 15 is 0 Å². The molecule has 1 rings (SSSR count). The van der Waals surface area contributed by atoms with Crippen LogP contribution in [0.3, 0.4) is 0 Å². The van der Waals surface area contributed by atoms with Crippen LogP contribution in [-0.2, 0) is 0 Å². The van der Waals surface area contributed by atoms with E-state index in [1.54, 1.807) is 18.3 Å². The summed E-state index contributed by atoms with van der Waals surface area (Å²) in [5, 5.41) is 9.60. The summed E-state index contributed by atoms with van der Waals surface area (Å²) in [5.41, 5.74) is 0.682. The molecule has 1 N–H and O–H groups in total. The van der Waals surface area contributed by atoms with Gasteiger partial charge in [-0.2, -0.15) is 0 Å². The van der Waals surface area contributed by atoms with Gasteiger partial charge in [-0.05, 0) is 19.1 Å². The third kappa shape index (κ3) is 2.21. The summed E-state index contributed by atoms with van der Waals surface area (Å²) in [5.74, 6) is 0.613. The average Bonchev–Trinajstić information content (AvgIpc) is 2.16. The molecule has 0 aromatic heterocycles. The first-order valence-electron chi connectivity index (χ1n) is 4.15. The number of nitrogens with zero attached hydrogens (tertiary/aromatic N) is 1. The number of hydrogen-bond acceptors (Lipinski definition) is 3. The summed E-state index contributed by atoms with van der Waals surface area (Å²) in [6, 6.07) is 5.31. The third-order valence-electron chi connectivity index (χ3n) is 1.66. The van der Waals surface area contributed by atoms with Gasteiger partial charge in [0.25, 0.3) is 0 Å². The lowest BCUT2D eigenvalue weighted by molar-refractivity contribution is 0.373. The van der Waals surface area contributed by atoms with Crippen molar-refractivity contribution in [2.24, 2.45) is 4.99 Å². The lowest BCUT2D eigenvalue weighted by Crippen LogP contribution is -1.88. The molecule has 0 spiro atoms. The summed E-state index contributed by atoms with van der Waals surface area (Å²) in [6.45, 7) is 2.64. The number of phenols is 1. The van der Waals surface area contributed by atoms with Crippen molar-refractivity contribution in [3.63, 3.8) is 0 Å². The summed E-state index contributed by atoms with van der Waals surface area (Å²) >= 11 is 0. The zero-order valence-electron chi connectivity index (χ0n) is 7.82. The first-order chi connectivity index (χ1) is 6.29. The van der Waals surface area contributed by atoms with Gasteiger partial charge in [0, 0.05) is 18.3 Å². The van der Waals surface area contributed by atoms with Crippen molar-refractivity contribution in [2.45, 2.75) is 6.92 Å². The number of ether oxygens (including phenoxy) is 1. The molecule has 0 aliphatic carbocycles. The largest absolute Gasteiger partial charge is 0.504 e. The highest BCUT2D eigenvalue weighted by Crippen LogP contribution is 2.27. The number of hydrogen-bond donors (Lipinski definition) is 1. The number of aliphatic imine (C=N–C) groups is 1. The Morgan fingerprint density at radius 2 is 2.31 bits per heavy atom. The molecule has 0 fully saturated rings. The number of phenolic OH excluding ortho intramolecular Hbond substituents is 1. The molecule has 70 valence electrons. The van der Waals surface area contributed by atoms with Gasteiger partial charge < -0.3 is 9.84 Å². The van der Waals surface area contributed by atoms with E-state index in [0.717, 1.165) is 0 Å². The minimum atomic E-state index is 0.141. The van der Waals surface area contributed by atoms with E-state index < -0.39 is 0 Å². The molecule has 0 heterocycles. The highest BCUT2D eigenvalue weighted by atomic mass is 16.5. The van der Waals surface area contributed by atoms with Gasteiger partial charge >= 0.3 is 0 Å². The number of methoxy groups -OCH3 is 1. The number of aromatic hydroxyl groups is 1. The van der Waals surface area contributed by atoms with E-state index in [1.165, 1.54) is 7.11 Å². The van der Waals surface area contributed by atoms with E-state index in [0.29, 0.717) is 17.9 Å². The van der Waals surface area contributed by atoms with Crippen LogP contribution in [0.1, 0.15) is 12.5 Å². The second-order valence-corrected chi connectivity index (χ2v) is 2.53. The summed E-state index contributed by atoms with van der Waals surface area (Å²) in [4.78, 5) is 4.04. The Labute approximate surface area is 77.7 Å². The molecule has 0 saturated heterocycles. The minimum Gasteiger partial charge on any atom is -0.504 e. The molecule has 0 atom stereocenters. The zero-order chi connectivity index (χ0) is 9.68. The van der Waals surface area contributed by atoms with Crippen molar-refractivity contribution >= 4 is 6.21 Å². The normalized spacial score (nSPS) is 10.6. The van der Waals surface area contributed by atoms with Crippen molar-refractivity contribution < 1.29 is 9.84 Å². The Bertz CT molecular complexity index is 308. The fraction of sp³-hybridized carbons (Fsp3) is 0.300. The first-order valence-corrected chi connectivity index (χ1v) is 4.15. The monoisotopic (exact) mass is 179 g/mol. The van der Waals surface area contributed by atoms with Crippen molar-refractivity contribution in [1.29, 1.82) is 0 Å². The smallest absolute Gasteiger partial charge is 0.166 e.